The fraction of sp³-hybridized carbons (Fsp3) is 0.357. The summed E-state index contributed by atoms with van der Waals surface area (Å²) in [6.07, 6.45) is 12.1. The van der Waals surface area contributed by atoms with Crippen molar-refractivity contribution in [1.82, 2.24) is 25.2 Å². The number of rotatable bonds is 10. The van der Waals surface area contributed by atoms with E-state index in [1.807, 2.05) is 33.8 Å². The molecule has 1 unspecified atom stereocenters. The molecule has 2 heterocycles. The first-order valence-electron chi connectivity index (χ1n) is 12.1. The van der Waals surface area contributed by atoms with Crippen LogP contribution in [0.1, 0.15) is 59.2 Å². The highest BCUT2D eigenvalue weighted by atomic mass is 16.6. The number of allylic oxidation sites excluding steroid dienone is 4. The molecule has 4 N–H and O–H groups in total. The van der Waals surface area contributed by atoms with Gasteiger partial charge in [-0.15, -0.1) is 0 Å². The number of carbonyl (C=O) groups is 1. The van der Waals surface area contributed by atoms with Gasteiger partial charge in [-0.2, -0.15) is 5.10 Å². The molecule has 9 heteroatoms. The van der Waals surface area contributed by atoms with Gasteiger partial charge in [0.15, 0.2) is 0 Å². The van der Waals surface area contributed by atoms with E-state index in [-0.39, 0.29) is 5.92 Å². The van der Waals surface area contributed by atoms with E-state index in [1.165, 1.54) is 6.20 Å². The summed E-state index contributed by atoms with van der Waals surface area (Å²) in [5.41, 5.74) is 11.0. The van der Waals surface area contributed by atoms with Crippen LogP contribution >= 0.6 is 0 Å². The van der Waals surface area contributed by atoms with E-state index in [1.54, 1.807) is 42.4 Å². The Hall–Kier alpha value is -4.14. The molecule has 0 spiro atoms. The van der Waals surface area contributed by atoms with E-state index in [2.05, 4.69) is 52.7 Å². The second-order valence-electron chi connectivity index (χ2n) is 9.61. The normalized spacial score (nSPS) is 14.4. The van der Waals surface area contributed by atoms with E-state index in [9.17, 15) is 4.79 Å². The maximum absolute atomic E-state index is 12.3. The van der Waals surface area contributed by atoms with Crippen LogP contribution in [0.4, 0.5) is 4.79 Å². The molecule has 0 aromatic carbocycles. The van der Waals surface area contributed by atoms with Crippen molar-refractivity contribution in [2.24, 2.45) is 16.6 Å². The molecule has 9 nitrogen and oxygen atoms in total. The minimum Gasteiger partial charge on any atom is -0.444 e. The number of nitrogens with two attached hydrogens (primary N) is 1. The summed E-state index contributed by atoms with van der Waals surface area (Å²) in [4.78, 5) is 20.9. The topological polar surface area (TPSA) is 119 Å². The number of alkyl carbamates (subject to hydrolysis) is 1. The highest BCUT2D eigenvalue weighted by Crippen LogP contribution is 2.23. The number of hydrogen-bond donors (Lipinski definition) is 3. The zero-order chi connectivity index (χ0) is 27.8. The van der Waals surface area contributed by atoms with Gasteiger partial charge in [-0.3, -0.25) is 15.3 Å². The van der Waals surface area contributed by atoms with Crippen LogP contribution in [0, 0.1) is 5.92 Å². The molecule has 0 aliphatic carbocycles. The number of nitrogens with one attached hydrogen (secondary N) is 2. The predicted molar refractivity (Wildman–Crippen MR) is 152 cm³/mol. The van der Waals surface area contributed by atoms with Crippen LogP contribution in [0.15, 0.2) is 72.1 Å². The lowest BCUT2D eigenvalue weighted by atomic mass is 9.97. The van der Waals surface area contributed by atoms with Gasteiger partial charge in [-0.05, 0) is 57.8 Å². The number of nitrogens with zero attached hydrogens (tertiary/aromatic N) is 4. The van der Waals surface area contributed by atoms with Gasteiger partial charge in [0.25, 0.3) is 0 Å². The standard InChI is InChI=1S/C28H39N7O2/c1-10-18(3)19(4)24(12-22(11-2)34-27(36)37-28(6,7)8)33-20(5)23-15-32-35-17-25(31-16-26(23)35)21(13-29)14-30-9/h11-18,33H,2,5,10,29H2,1,3-4,6-9H3,(H,34,36)/b21-13+,22-12+,24-19+,30-14?. The molecule has 2 aromatic heterocycles. The van der Waals surface area contributed by atoms with Gasteiger partial charge < -0.3 is 15.8 Å². The average molecular weight is 506 g/mol. The summed E-state index contributed by atoms with van der Waals surface area (Å²) < 4.78 is 7.11. The third-order valence-electron chi connectivity index (χ3n) is 5.70. The van der Waals surface area contributed by atoms with Crippen LogP contribution in [0.3, 0.4) is 0 Å². The highest BCUT2D eigenvalue weighted by molar-refractivity contribution is 6.08. The Kier molecular flexibility index (Phi) is 9.99. The van der Waals surface area contributed by atoms with Crippen molar-refractivity contribution in [3.63, 3.8) is 0 Å². The molecule has 0 radical (unpaired) electrons. The summed E-state index contributed by atoms with van der Waals surface area (Å²) in [5, 5.41) is 10.7. The van der Waals surface area contributed by atoms with Crippen molar-refractivity contribution in [2.75, 3.05) is 7.05 Å². The number of carbonyl (C=O) groups excluding carboxylic acids is 1. The molecular formula is C28H39N7O2. The molecule has 37 heavy (non-hydrogen) atoms. The van der Waals surface area contributed by atoms with Crippen molar-refractivity contribution in [2.45, 2.75) is 53.6 Å². The van der Waals surface area contributed by atoms with Gasteiger partial charge in [0.2, 0.25) is 0 Å². The molecule has 0 aliphatic heterocycles. The number of fused-ring (bicyclic) bond motifs is 1. The van der Waals surface area contributed by atoms with Gasteiger partial charge in [-0.25, -0.2) is 9.31 Å². The number of ether oxygens (including phenoxy) is 1. The molecule has 2 aromatic rings. The summed E-state index contributed by atoms with van der Waals surface area (Å²) >= 11 is 0. The second-order valence-corrected chi connectivity index (χ2v) is 9.61. The van der Waals surface area contributed by atoms with Crippen LogP contribution in [0.2, 0.25) is 0 Å². The lowest BCUT2D eigenvalue weighted by molar-refractivity contribution is 0.0548. The van der Waals surface area contributed by atoms with Gasteiger partial charge in [0.05, 0.1) is 29.8 Å². The molecule has 1 amide bonds. The Labute approximate surface area is 219 Å². The van der Waals surface area contributed by atoms with Crippen molar-refractivity contribution in [3.05, 3.63) is 78.3 Å². The second kappa shape index (κ2) is 12.7. The lowest BCUT2D eigenvalue weighted by Gasteiger charge is -2.21. The number of hydrogen-bond acceptors (Lipinski definition) is 7. The van der Waals surface area contributed by atoms with Crippen molar-refractivity contribution in [1.29, 1.82) is 0 Å². The average Bonchev–Trinajstić information content (AvgIpc) is 3.27. The Morgan fingerprint density at radius 1 is 1.32 bits per heavy atom. The SMILES string of the molecule is C=C/C(=C\C(NC(=C)c1cnn2cc(/C(C=NC)=C/N)ncc12)=C(\C)C(C)CC)NC(=O)OC(C)(C)C. The van der Waals surface area contributed by atoms with Crippen LogP contribution in [0.5, 0.6) is 0 Å². The number of aromatic nitrogens is 3. The van der Waals surface area contributed by atoms with Gasteiger partial charge in [0, 0.05) is 47.7 Å². The fourth-order valence-corrected chi connectivity index (χ4v) is 3.37. The minimum absolute atomic E-state index is 0.286. The maximum Gasteiger partial charge on any atom is 0.412 e. The Bertz CT molecular complexity index is 1270. The van der Waals surface area contributed by atoms with Crippen LogP contribution < -0.4 is 16.4 Å². The first kappa shape index (κ1) is 29.1. The molecule has 2 rings (SSSR count). The van der Waals surface area contributed by atoms with E-state index in [0.717, 1.165) is 28.8 Å². The first-order valence-corrected chi connectivity index (χ1v) is 12.1. The first-order chi connectivity index (χ1) is 17.4. The van der Waals surface area contributed by atoms with E-state index in [4.69, 9.17) is 10.5 Å². The summed E-state index contributed by atoms with van der Waals surface area (Å²) in [5.74, 6) is 0.286. The van der Waals surface area contributed by atoms with Crippen LogP contribution in [0.25, 0.3) is 16.8 Å². The molecule has 0 bridgehead atoms. The fourth-order valence-electron chi connectivity index (χ4n) is 3.37. The van der Waals surface area contributed by atoms with Gasteiger partial charge >= 0.3 is 6.09 Å². The molecule has 198 valence electrons. The van der Waals surface area contributed by atoms with Crippen LogP contribution in [-0.4, -0.2) is 39.6 Å². The summed E-state index contributed by atoms with van der Waals surface area (Å²) in [7, 11) is 1.67. The highest BCUT2D eigenvalue weighted by Gasteiger charge is 2.18. The van der Waals surface area contributed by atoms with Gasteiger partial charge in [0.1, 0.15) is 5.60 Å². The summed E-state index contributed by atoms with van der Waals surface area (Å²) in [6, 6.07) is 0. The third-order valence-corrected chi connectivity index (χ3v) is 5.70. The smallest absolute Gasteiger partial charge is 0.412 e. The number of amides is 1. The van der Waals surface area contributed by atoms with Gasteiger partial charge in [-0.1, -0.05) is 27.0 Å². The maximum atomic E-state index is 12.3. The molecular weight excluding hydrogens is 466 g/mol. The van der Waals surface area contributed by atoms with Crippen LogP contribution in [-0.2, 0) is 4.74 Å². The largest absolute Gasteiger partial charge is 0.444 e. The number of aliphatic imine (C=N–C) groups is 1. The zero-order valence-corrected chi connectivity index (χ0v) is 22.9. The Morgan fingerprint density at radius 2 is 2.03 bits per heavy atom. The van der Waals surface area contributed by atoms with E-state index < -0.39 is 11.7 Å². The van der Waals surface area contributed by atoms with Crippen molar-refractivity contribution < 1.29 is 9.53 Å². The molecule has 1 atom stereocenters. The summed E-state index contributed by atoms with van der Waals surface area (Å²) in [6.45, 7) is 19.9. The lowest BCUT2D eigenvalue weighted by Crippen LogP contribution is -2.32. The monoisotopic (exact) mass is 505 g/mol. The molecule has 0 aliphatic rings. The van der Waals surface area contributed by atoms with E-state index >= 15 is 0 Å². The molecule has 0 fully saturated rings. The molecule has 0 saturated carbocycles. The molecule has 0 saturated heterocycles. The predicted octanol–water partition coefficient (Wildman–Crippen LogP) is 5.20. The van der Waals surface area contributed by atoms with Crippen molar-refractivity contribution >= 4 is 29.1 Å². The van der Waals surface area contributed by atoms with Crippen molar-refractivity contribution in [3.8, 4) is 0 Å². The Balaban J connectivity index is 2.42. The van der Waals surface area contributed by atoms with E-state index in [0.29, 0.717) is 22.7 Å². The quantitative estimate of drug-likeness (QED) is 0.301. The third kappa shape index (κ3) is 7.93. The minimum atomic E-state index is -0.615. The Morgan fingerprint density at radius 3 is 2.59 bits per heavy atom. The zero-order valence-electron chi connectivity index (χ0n) is 22.9.